The monoisotopic (exact) mass is 512 g/mol. The first-order chi connectivity index (χ1) is 18.5. The Morgan fingerprint density at radius 2 is 1.71 bits per heavy atom. The molecule has 0 spiro atoms. The molecule has 1 saturated heterocycles. The lowest BCUT2D eigenvalue weighted by molar-refractivity contribution is -0.132. The van der Waals surface area contributed by atoms with E-state index in [-0.39, 0.29) is 24.3 Å². The van der Waals surface area contributed by atoms with E-state index >= 15 is 0 Å². The lowest BCUT2D eigenvalue weighted by Gasteiger charge is -2.26. The second kappa shape index (κ2) is 11.8. The Hall–Kier alpha value is -3.68. The van der Waals surface area contributed by atoms with Crippen LogP contribution in [0.5, 0.6) is 0 Å². The Kier molecular flexibility index (Phi) is 8.05. The van der Waals surface area contributed by atoms with Crippen LogP contribution in [0.1, 0.15) is 24.0 Å². The highest BCUT2D eigenvalue weighted by molar-refractivity contribution is 5.90. The summed E-state index contributed by atoms with van der Waals surface area (Å²) in [6.07, 6.45) is 4.44. The van der Waals surface area contributed by atoms with Crippen LogP contribution in [0.4, 0.5) is 0 Å². The number of carbonyl (C=O) groups excluding carboxylic acids is 2. The average molecular weight is 513 g/mol. The lowest BCUT2D eigenvalue weighted by atomic mass is 9.95. The number of nitrogens with one attached hydrogen (secondary N) is 3. The van der Waals surface area contributed by atoms with Crippen LogP contribution in [0.2, 0.25) is 0 Å². The van der Waals surface area contributed by atoms with Crippen molar-refractivity contribution in [2.75, 3.05) is 19.7 Å². The Balaban J connectivity index is 1.34. The predicted octanol–water partition coefficient (Wildman–Crippen LogP) is 3.08. The van der Waals surface area contributed by atoms with Gasteiger partial charge in [-0.25, -0.2) is 0 Å². The summed E-state index contributed by atoms with van der Waals surface area (Å²) >= 11 is 0. The predicted molar refractivity (Wildman–Crippen MR) is 151 cm³/mol. The standard InChI is InChI=1S/C31H36N4O3/c1-35-19-25(27-8-4-5-9-29(27)35)18-26(20-36)33-31(38)28(34-30(37)23-12-14-32-15-13-23)17-21-10-11-22-6-2-3-7-24(22)16-21/h2-11,16,19,23,26,28,32,36H,12-15,17-18,20H2,1H3,(H,33,38)(H,34,37)/t26-,28-/m1/s1. The first-order valence-corrected chi connectivity index (χ1v) is 13.4. The van der Waals surface area contributed by atoms with E-state index in [4.69, 9.17) is 0 Å². The van der Waals surface area contributed by atoms with Crippen LogP contribution in [0.25, 0.3) is 21.7 Å². The quantitative estimate of drug-likeness (QED) is 0.277. The molecule has 0 bridgehead atoms. The smallest absolute Gasteiger partial charge is 0.243 e. The molecular formula is C31H36N4O3. The van der Waals surface area contributed by atoms with E-state index in [0.29, 0.717) is 12.8 Å². The van der Waals surface area contributed by atoms with Crippen LogP contribution in [0.15, 0.2) is 72.9 Å². The fourth-order valence-electron chi connectivity index (χ4n) is 5.50. The number of para-hydroxylation sites is 1. The van der Waals surface area contributed by atoms with Crippen molar-refractivity contribution in [1.82, 2.24) is 20.5 Å². The molecule has 1 aliphatic rings. The third kappa shape index (κ3) is 5.90. The van der Waals surface area contributed by atoms with Crippen LogP contribution in [0, 0.1) is 5.92 Å². The van der Waals surface area contributed by atoms with Gasteiger partial charge in [0.05, 0.1) is 12.6 Å². The third-order valence-corrected chi connectivity index (χ3v) is 7.61. The molecule has 0 saturated carbocycles. The molecule has 1 aromatic heterocycles. The number of piperidine rings is 1. The number of hydrogen-bond acceptors (Lipinski definition) is 4. The van der Waals surface area contributed by atoms with Gasteiger partial charge < -0.3 is 25.6 Å². The van der Waals surface area contributed by atoms with Gasteiger partial charge in [0.1, 0.15) is 6.04 Å². The zero-order chi connectivity index (χ0) is 26.5. The number of nitrogens with zero attached hydrogens (tertiary/aromatic N) is 1. The summed E-state index contributed by atoms with van der Waals surface area (Å²) < 4.78 is 2.06. The van der Waals surface area contributed by atoms with E-state index in [0.717, 1.165) is 58.7 Å². The van der Waals surface area contributed by atoms with Crippen molar-refractivity contribution in [3.63, 3.8) is 0 Å². The topological polar surface area (TPSA) is 95.4 Å². The summed E-state index contributed by atoms with van der Waals surface area (Å²) in [7, 11) is 1.99. The van der Waals surface area contributed by atoms with Crippen LogP contribution in [-0.4, -0.2) is 53.3 Å². The SMILES string of the molecule is Cn1cc(C[C@H](CO)NC(=O)[C@@H](Cc2ccc3ccccc3c2)NC(=O)C2CCNCC2)c2ccccc21. The largest absolute Gasteiger partial charge is 0.394 e. The summed E-state index contributed by atoms with van der Waals surface area (Å²) in [4.78, 5) is 26.7. The summed E-state index contributed by atoms with van der Waals surface area (Å²) in [6.45, 7) is 1.41. The fourth-order valence-corrected chi connectivity index (χ4v) is 5.50. The summed E-state index contributed by atoms with van der Waals surface area (Å²) in [6, 6.07) is 21.1. The van der Waals surface area contributed by atoms with Crippen molar-refractivity contribution >= 4 is 33.5 Å². The number of hydrogen-bond donors (Lipinski definition) is 4. The molecule has 0 unspecified atom stereocenters. The zero-order valence-electron chi connectivity index (χ0n) is 21.8. The number of aromatic nitrogens is 1. The number of aliphatic hydroxyl groups is 1. The molecule has 1 aliphatic heterocycles. The van der Waals surface area contributed by atoms with Gasteiger partial charge in [0.15, 0.2) is 0 Å². The Labute approximate surface area is 223 Å². The number of carbonyl (C=O) groups is 2. The van der Waals surface area contributed by atoms with Gasteiger partial charge in [-0.15, -0.1) is 0 Å². The van der Waals surface area contributed by atoms with E-state index in [1.807, 2.05) is 55.7 Å². The molecule has 198 valence electrons. The minimum absolute atomic E-state index is 0.0814. The van der Waals surface area contributed by atoms with Gasteiger partial charge in [0.2, 0.25) is 11.8 Å². The fraction of sp³-hybridized carbons (Fsp3) is 0.355. The van der Waals surface area contributed by atoms with Crippen LogP contribution < -0.4 is 16.0 Å². The molecular weight excluding hydrogens is 476 g/mol. The normalized spacial score (nSPS) is 15.8. The third-order valence-electron chi connectivity index (χ3n) is 7.61. The molecule has 1 fully saturated rings. The van der Waals surface area contributed by atoms with Crippen LogP contribution >= 0.6 is 0 Å². The molecule has 4 N–H and O–H groups in total. The molecule has 0 aliphatic carbocycles. The van der Waals surface area contributed by atoms with Crippen LogP contribution in [-0.2, 0) is 29.5 Å². The number of amides is 2. The highest BCUT2D eigenvalue weighted by Gasteiger charge is 2.28. The van der Waals surface area contributed by atoms with E-state index in [1.54, 1.807) is 0 Å². The molecule has 2 heterocycles. The molecule has 7 nitrogen and oxygen atoms in total. The first kappa shape index (κ1) is 25.9. The highest BCUT2D eigenvalue weighted by Crippen LogP contribution is 2.22. The van der Waals surface area contributed by atoms with Crippen molar-refractivity contribution in [1.29, 1.82) is 0 Å². The summed E-state index contributed by atoms with van der Waals surface area (Å²) in [5, 5.41) is 22.9. The molecule has 2 atom stereocenters. The summed E-state index contributed by atoms with van der Waals surface area (Å²) in [5.41, 5.74) is 3.14. The van der Waals surface area contributed by atoms with E-state index in [9.17, 15) is 14.7 Å². The van der Waals surface area contributed by atoms with E-state index in [2.05, 4.69) is 44.8 Å². The molecule has 4 aromatic rings. The number of benzene rings is 3. The maximum atomic E-state index is 13.6. The van der Waals surface area contributed by atoms with Crippen LogP contribution in [0.3, 0.4) is 0 Å². The van der Waals surface area contributed by atoms with Gasteiger partial charge in [-0.2, -0.15) is 0 Å². The van der Waals surface area contributed by atoms with E-state index < -0.39 is 12.1 Å². The van der Waals surface area contributed by atoms with E-state index in [1.165, 1.54) is 0 Å². The van der Waals surface area contributed by atoms with Gasteiger partial charge >= 0.3 is 0 Å². The highest BCUT2D eigenvalue weighted by atomic mass is 16.3. The zero-order valence-corrected chi connectivity index (χ0v) is 21.8. The van der Waals surface area contributed by atoms with Crippen molar-refractivity contribution < 1.29 is 14.7 Å². The van der Waals surface area contributed by atoms with Gasteiger partial charge in [-0.3, -0.25) is 9.59 Å². The molecule has 7 heteroatoms. The molecule has 0 radical (unpaired) electrons. The van der Waals surface area contributed by atoms with Crippen molar-refractivity contribution in [3.8, 4) is 0 Å². The van der Waals surface area contributed by atoms with Gasteiger partial charge in [-0.05, 0) is 60.3 Å². The van der Waals surface area contributed by atoms with Crippen molar-refractivity contribution in [2.45, 2.75) is 37.8 Å². The molecule has 5 rings (SSSR count). The number of fused-ring (bicyclic) bond motifs is 2. The number of aliphatic hydroxyl groups excluding tert-OH is 1. The lowest BCUT2D eigenvalue weighted by Crippen LogP contribution is -2.53. The Bertz CT molecular complexity index is 1420. The van der Waals surface area contributed by atoms with Crippen molar-refractivity contribution in [3.05, 3.63) is 84.1 Å². The second-order valence-corrected chi connectivity index (χ2v) is 10.3. The molecule has 3 aromatic carbocycles. The Morgan fingerprint density at radius 1 is 0.974 bits per heavy atom. The minimum atomic E-state index is -0.736. The van der Waals surface area contributed by atoms with Gasteiger partial charge in [0, 0.05) is 36.5 Å². The molecule has 2 amide bonds. The average Bonchev–Trinajstić information content (AvgIpc) is 3.27. The minimum Gasteiger partial charge on any atom is -0.394 e. The number of aryl methyl sites for hydroxylation is 1. The van der Waals surface area contributed by atoms with Crippen molar-refractivity contribution in [2.24, 2.45) is 13.0 Å². The first-order valence-electron chi connectivity index (χ1n) is 13.4. The maximum Gasteiger partial charge on any atom is 0.243 e. The summed E-state index contributed by atoms with van der Waals surface area (Å²) in [5.74, 6) is -0.464. The number of rotatable bonds is 9. The van der Waals surface area contributed by atoms with Gasteiger partial charge in [-0.1, -0.05) is 60.7 Å². The second-order valence-electron chi connectivity index (χ2n) is 10.3. The Morgan fingerprint density at radius 3 is 2.50 bits per heavy atom. The van der Waals surface area contributed by atoms with Gasteiger partial charge in [0.25, 0.3) is 0 Å². The molecule has 38 heavy (non-hydrogen) atoms. The maximum absolute atomic E-state index is 13.6.